The number of hydrogen-bond donors (Lipinski definition) is 2. The maximum atomic E-state index is 11.4. The van der Waals surface area contributed by atoms with Gasteiger partial charge in [-0.3, -0.25) is 0 Å². The molecule has 4 nitrogen and oxygen atoms in total. The molecule has 4 heteroatoms. The van der Waals surface area contributed by atoms with E-state index in [2.05, 4.69) is 27.7 Å². The van der Waals surface area contributed by atoms with E-state index in [1.54, 1.807) is 11.1 Å². The third-order valence-corrected chi connectivity index (χ3v) is 7.92. The van der Waals surface area contributed by atoms with E-state index in [1.807, 2.05) is 6.08 Å². The Labute approximate surface area is 175 Å². The molecule has 0 aromatic heterocycles. The van der Waals surface area contributed by atoms with E-state index >= 15 is 0 Å². The highest BCUT2D eigenvalue weighted by molar-refractivity contribution is 5.85. The first-order valence-electron chi connectivity index (χ1n) is 11.2. The molecule has 0 aromatic carbocycles. The van der Waals surface area contributed by atoms with Gasteiger partial charge in [-0.05, 0) is 67.8 Å². The molecule has 0 amide bonds. The minimum atomic E-state index is -0.397. The number of ether oxygens (including phenoxy) is 1. The molecular weight excluding hydrogens is 364 g/mol. The first-order valence-corrected chi connectivity index (χ1v) is 11.2. The van der Waals surface area contributed by atoms with Crippen molar-refractivity contribution in [3.8, 4) is 0 Å². The lowest BCUT2D eigenvalue weighted by Gasteiger charge is -2.55. The van der Waals surface area contributed by atoms with Crippen LogP contribution in [0, 0.1) is 16.7 Å². The van der Waals surface area contributed by atoms with E-state index in [-0.39, 0.29) is 24.6 Å². The van der Waals surface area contributed by atoms with E-state index in [9.17, 15) is 15.0 Å². The first kappa shape index (κ1) is 22.3. The van der Waals surface area contributed by atoms with Gasteiger partial charge < -0.3 is 14.9 Å². The summed E-state index contributed by atoms with van der Waals surface area (Å²) in [6.07, 6.45) is 11.7. The maximum absolute atomic E-state index is 11.4. The van der Waals surface area contributed by atoms with Crippen molar-refractivity contribution in [2.24, 2.45) is 16.7 Å². The van der Waals surface area contributed by atoms with Gasteiger partial charge in [0.2, 0.25) is 0 Å². The van der Waals surface area contributed by atoms with E-state index < -0.39 is 6.10 Å². The molecule has 29 heavy (non-hydrogen) atoms. The second kappa shape index (κ2) is 8.77. The molecule has 0 unspecified atom stereocenters. The Morgan fingerprint density at radius 2 is 2.03 bits per heavy atom. The summed E-state index contributed by atoms with van der Waals surface area (Å²) in [5.41, 5.74) is 5.45. The van der Waals surface area contributed by atoms with E-state index in [4.69, 9.17) is 4.74 Å². The predicted molar refractivity (Wildman–Crippen MR) is 115 cm³/mol. The SMILES string of the molecule is CC1=C(CC/C(=C\C[C@H]2OC(=O)C=C2CO)CO)[C@@]2(C)CCCC(C)(C)[C@@H]2CC1. The molecule has 1 saturated carbocycles. The van der Waals surface area contributed by atoms with Crippen LogP contribution >= 0.6 is 0 Å². The molecule has 2 aliphatic carbocycles. The molecule has 0 saturated heterocycles. The number of carbonyl (C=O) groups excluding carboxylic acids is 1. The number of allylic oxidation sites excluding steroid dienone is 2. The van der Waals surface area contributed by atoms with Gasteiger partial charge in [-0.15, -0.1) is 0 Å². The van der Waals surface area contributed by atoms with E-state index in [0.29, 0.717) is 17.4 Å². The lowest BCUT2D eigenvalue weighted by Crippen LogP contribution is -2.45. The summed E-state index contributed by atoms with van der Waals surface area (Å²) in [4.78, 5) is 11.4. The van der Waals surface area contributed by atoms with E-state index in [0.717, 1.165) is 24.3 Å². The van der Waals surface area contributed by atoms with E-state index in [1.165, 1.54) is 38.2 Å². The Morgan fingerprint density at radius 3 is 2.72 bits per heavy atom. The molecule has 0 aromatic rings. The fraction of sp³-hybridized carbons (Fsp3) is 0.720. The van der Waals surface area contributed by atoms with Crippen molar-refractivity contribution in [1.82, 2.24) is 0 Å². The summed E-state index contributed by atoms with van der Waals surface area (Å²) >= 11 is 0. The summed E-state index contributed by atoms with van der Waals surface area (Å²) < 4.78 is 5.25. The predicted octanol–water partition coefficient (Wildman–Crippen LogP) is 4.86. The van der Waals surface area contributed by atoms with Crippen LogP contribution in [-0.2, 0) is 9.53 Å². The largest absolute Gasteiger partial charge is 0.454 e. The van der Waals surface area contributed by atoms with Crippen molar-refractivity contribution >= 4 is 5.97 Å². The van der Waals surface area contributed by atoms with Crippen LogP contribution < -0.4 is 0 Å². The highest BCUT2D eigenvalue weighted by Crippen LogP contribution is 2.60. The van der Waals surface area contributed by atoms with Crippen molar-refractivity contribution in [2.75, 3.05) is 13.2 Å². The molecule has 0 radical (unpaired) electrons. The zero-order valence-electron chi connectivity index (χ0n) is 18.6. The van der Waals surface area contributed by atoms with Gasteiger partial charge >= 0.3 is 5.97 Å². The highest BCUT2D eigenvalue weighted by atomic mass is 16.5. The molecule has 0 bridgehead atoms. The monoisotopic (exact) mass is 402 g/mol. The number of carbonyl (C=O) groups is 1. The summed E-state index contributed by atoms with van der Waals surface area (Å²) in [5, 5.41) is 19.3. The van der Waals surface area contributed by atoms with Gasteiger partial charge in [-0.25, -0.2) is 4.79 Å². The summed E-state index contributed by atoms with van der Waals surface area (Å²) in [7, 11) is 0. The van der Waals surface area contributed by atoms with Gasteiger partial charge in [0, 0.05) is 18.1 Å². The number of esters is 1. The third kappa shape index (κ3) is 4.54. The Kier molecular flexibility index (Phi) is 6.74. The summed E-state index contributed by atoms with van der Waals surface area (Å²) in [6, 6.07) is 0. The van der Waals surface area contributed by atoms with Crippen molar-refractivity contribution in [2.45, 2.75) is 85.2 Å². The Bertz CT molecular complexity index is 727. The number of aliphatic hydroxyl groups is 2. The second-order valence-electron chi connectivity index (χ2n) is 10.2. The van der Waals surface area contributed by atoms with Crippen molar-refractivity contribution in [3.63, 3.8) is 0 Å². The number of cyclic esters (lactones) is 1. The van der Waals surface area contributed by atoms with Crippen molar-refractivity contribution in [1.29, 1.82) is 0 Å². The lowest BCUT2D eigenvalue weighted by molar-refractivity contribution is -0.138. The lowest BCUT2D eigenvalue weighted by atomic mass is 9.50. The van der Waals surface area contributed by atoms with Crippen LogP contribution in [0.4, 0.5) is 0 Å². The molecular formula is C25H38O4. The Morgan fingerprint density at radius 1 is 1.28 bits per heavy atom. The molecule has 1 aliphatic heterocycles. The molecule has 0 spiro atoms. The first-order chi connectivity index (χ1) is 13.7. The fourth-order valence-electron chi connectivity index (χ4n) is 6.34. The van der Waals surface area contributed by atoms with Crippen LogP contribution in [0.25, 0.3) is 0 Å². The molecule has 162 valence electrons. The van der Waals surface area contributed by atoms with Gasteiger partial charge in [-0.2, -0.15) is 0 Å². The molecule has 1 heterocycles. The summed E-state index contributed by atoms with van der Waals surface area (Å²) in [6.45, 7) is 9.53. The smallest absolute Gasteiger partial charge is 0.331 e. The van der Waals surface area contributed by atoms with Crippen molar-refractivity contribution in [3.05, 3.63) is 34.4 Å². The normalized spacial score (nSPS) is 32.1. The molecule has 2 N–H and O–H groups in total. The molecule has 1 fully saturated rings. The summed E-state index contributed by atoms with van der Waals surface area (Å²) in [5.74, 6) is 0.346. The topological polar surface area (TPSA) is 66.8 Å². The molecule has 3 aliphatic rings. The highest BCUT2D eigenvalue weighted by Gasteiger charge is 2.49. The Hall–Kier alpha value is -1.39. The average molecular weight is 403 g/mol. The van der Waals surface area contributed by atoms with Crippen LogP contribution in [0.3, 0.4) is 0 Å². The van der Waals surface area contributed by atoms with Gasteiger partial charge in [0.05, 0.1) is 13.2 Å². The van der Waals surface area contributed by atoms with Crippen molar-refractivity contribution < 1.29 is 19.7 Å². The maximum Gasteiger partial charge on any atom is 0.331 e. The van der Waals surface area contributed by atoms with Crippen LogP contribution in [0.15, 0.2) is 34.4 Å². The van der Waals surface area contributed by atoms with Gasteiger partial charge in [0.25, 0.3) is 0 Å². The zero-order chi connectivity index (χ0) is 21.2. The molecule has 3 rings (SSSR count). The van der Waals surface area contributed by atoms with Crippen LogP contribution in [0.1, 0.15) is 79.1 Å². The quantitative estimate of drug-likeness (QED) is 0.471. The second-order valence-corrected chi connectivity index (χ2v) is 10.2. The minimum Gasteiger partial charge on any atom is -0.454 e. The van der Waals surface area contributed by atoms with Gasteiger partial charge in [-0.1, -0.05) is 44.4 Å². The number of aliphatic hydroxyl groups excluding tert-OH is 2. The number of fused-ring (bicyclic) bond motifs is 1. The van der Waals surface area contributed by atoms with Gasteiger partial charge in [0.15, 0.2) is 0 Å². The fourth-order valence-corrected chi connectivity index (χ4v) is 6.34. The molecule has 3 atom stereocenters. The van der Waals surface area contributed by atoms with Crippen LogP contribution in [0.5, 0.6) is 0 Å². The zero-order valence-corrected chi connectivity index (χ0v) is 18.6. The van der Waals surface area contributed by atoms with Crippen LogP contribution in [-0.4, -0.2) is 35.5 Å². The number of rotatable bonds is 7. The van der Waals surface area contributed by atoms with Gasteiger partial charge in [0.1, 0.15) is 6.10 Å². The number of hydrogen-bond acceptors (Lipinski definition) is 4. The Balaban J connectivity index is 1.69. The standard InChI is InChI=1S/C25H38O4/c1-17-6-11-22-24(2,3)12-5-13-25(22,4)20(17)9-7-18(15-26)8-10-21-19(16-27)14-23(28)29-21/h8,14,21-22,26-27H,5-7,9-13,15-16H2,1-4H3/b18-8+/t21-,22+,25-/m1/s1. The minimum absolute atomic E-state index is 0.0246. The third-order valence-electron chi connectivity index (χ3n) is 7.92. The van der Waals surface area contributed by atoms with Crippen LogP contribution in [0.2, 0.25) is 0 Å². The average Bonchev–Trinajstić information content (AvgIpc) is 3.02.